The maximum Gasteiger partial charge on any atom is 0.323 e. The van der Waals surface area contributed by atoms with E-state index in [0.717, 1.165) is 11.3 Å². The number of urea groups is 1. The molecule has 0 unspecified atom stereocenters. The van der Waals surface area contributed by atoms with Gasteiger partial charge in [-0.05, 0) is 24.8 Å². The molecule has 0 atom stereocenters. The normalized spacial score (nSPS) is 10.2. The molecule has 0 aliphatic heterocycles. The van der Waals surface area contributed by atoms with E-state index in [-0.39, 0.29) is 12.6 Å². The Kier molecular flexibility index (Phi) is 6.35. The molecule has 0 saturated carbocycles. The molecule has 0 spiro atoms. The molecule has 1 heterocycles. The Hall–Kier alpha value is -1.56. The summed E-state index contributed by atoms with van der Waals surface area (Å²) in [4.78, 5) is 27.3. The number of carboxylic acid groups (broad SMARTS) is 1. The molecular weight excluding hydrogens is 264 g/mol. The van der Waals surface area contributed by atoms with Gasteiger partial charge in [0.1, 0.15) is 6.54 Å². The van der Waals surface area contributed by atoms with Crippen LogP contribution in [-0.4, -0.2) is 46.5 Å². The van der Waals surface area contributed by atoms with Crippen molar-refractivity contribution in [1.29, 1.82) is 0 Å². The van der Waals surface area contributed by atoms with Gasteiger partial charge in [0.15, 0.2) is 0 Å². The van der Waals surface area contributed by atoms with Crippen molar-refractivity contribution in [3.05, 3.63) is 22.4 Å². The molecule has 1 aromatic heterocycles. The molecule has 1 N–H and O–H groups in total. The Morgan fingerprint density at radius 2 is 2.05 bits per heavy atom. The van der Waals surface area contributed by atoms with E-state index in [1.165, 1.54) is 4.90 Å². The molecule has 6 heteroatoms. The van der Waals surface area contributed by atoms with Crippen molar-refractivity contribution in [1.82, 2.24) is 9.80 Å². The maximum atomic E-state index is 12.3. The lowest BCUT2D eigenvalue weighted by molar-refractivity contribution is -0.137. The molecule has 0 aliphatic rings. The van der Waals surface area contributed by atoms with Crippen molar-refractivity contribution in [2.75, 3.05) is 19.6 Å². The largest absolute Gasteiger partial charge is 0.480 e. The first-order valence-electron chi connectivity index (χ1n) is 6.36. The Morgan fingerprint density at radius 1 is 1.32 bits per heavy atom. The molecule has 0 radical (unpaired) electrons. The first-order chi connectivity index (χ1) is 9.08. The Balaban J connectivity index is 2.70. The zero-order chi connectivity index (χ0) is 14.3. The third-order valence-corrected chi connectivity index (χ3v) is 3.53. The fraction of sp³-hybridized carbons (Fsp3) is 0.538. The monoisotopic (exact) mass is 284 g/mol. The highest BCUT2D eigenvalue weighted by molar-refractivity contribution is 7.09. The second-order valence-corrected chi connectivity index (χ2v) is 5.22. The van der Waals surface area contributed by atoms with Crippen LogP contribution in [0.1, 0.15) is 25.1 Å². The summed E-state index contributed by atoms with van der Waals surface area (Å²) >= 11 is 1.59. The van der Waals surface area contributed by atoms with Crippen LogP contribution in [-0.2, 0) is 11.3 Å². The van der Waals surface area contributed by atoms with Crippen molar-refractivity contribution in [2.24, 2.45) is 0 Å². The van der Waals surface area contributed by atoms with Gasteiger partial charge in [0.2, 0.25) is 0 Å². The minimum Gasteiger partial charge on any atom is -0.480 e. The van der Waals surface area contributed by atoms with Crippen molar-refractivity contribution in [2.45, 2.75) is 26.8 Å². The van der Waals surface area contributed by atoms with Crippen molar-refractivity contribution in [3.63, 3.8) is 0 Å². The van der Waals surface area contributed by atoms with Crippen LogP contribution in [0.3, 0.4) is 0 Å². The lowest BCUT2D eigenvalue weighted by Crippen LogP contribution is -2.45. The molecule has 0 fully saturated rings. The van der Waals surface area contributed by atoms with E-state index < -0.39 is 5.97 Å². The SMILES string of the molecule is CCCN(CC(=O)O)C(=O)N(CC)Cc1cccs1. The number of hydrogen-bond acceptors (Lipinski definition) is 3. The van der Waals surface area contributed by atoms with Gasteiger partial charge in [-0.2, -0.15) is 0 Å². The van der Waals surface area contributed by atoms with Crippen LogP contribution in [0.2, 0.25) is 0 Å². The molecule has 0 aromatic carbocycles. The van der Waals surface area contributed by atoms with Gasteiger partial charge in [0.05, 0.1) is 6.54 Å². The average molecular weight is 284 g/mol. The number of hydrogen-bond donors (Lipinski definition) is 1. The van der Waals surface area contributed by atoms with Gasteiger partial charge in [-0.15, -0.1) is 11.3 Å². The van der Waals surface area contributed by atoms with Crippen LogP contribution >= 0.6 is 11.3 Å². The predicted octanol–water partition coefficient (Wildman–Crippen LogP) is 2.49. The summed E-state index contributed by atoms with van der Waals surface area (Å²) in [5, 5.41) is 10.8. The second-order valence-electron chi connectivity index (χ2n) is 4.19. The molecule has 2 amide bonds. The maximum absolute atomic E-state index is 12.3. The number of rotatable bonds is 7. The van der Waals surface area contributed by atoms with Gasteiger partial charge in [-0.25, -0.2) is 4.79 Å². The Bertz CT molecular complexity index is 406. The molecule has 0 saturated heterocycles. The van der Waals surface area contributed by atoms with E-state index in [4.69, 9.17) is 5.11 Å². The van der Waals surface area contributed by atoms with Gasteiger partial charge in [0, 0.05) is 18.0 Å². The molecule has 1 aromatic rings. The standard InChI is InChI=1S/C13H20N2O3S/c1-3-7-15(10-12(16)17)13(18)14(4-2)9-11-6-5-8-19-11/h5-6,8H,3-4,7,9-10H2,1-2H3,(H,16,17). The highest BCUT2D eigenvalue weighted by atomic mass is 32.1. The van der Waals surface area contributed by atoms with E-state index in [2.05, 4.69) is 0 Å². The van der Waals surface area contributed by atoms with Gasteiger partial charge >= 0.3 is 12.0 Å². The third-order valence-electron chi connectivity index (χ3n) is 2.67. The van der Waals surface area contributed by atoms with Gasteiger partial charge in [0.25, 0.3) is 0 Å². The minimum atomic E-state index is -0.978. The number of amides is 2. The topological polar surface area (TPSA) is 60.9 Å². The van der Waals surface area contributed by atoms with Crippen molar-refractivity contribution < 1.29 is 14.7 Å². The van der Waals surface area contributed by atoms with E-state index in [9.17, 15) is 9.59 Å². The van der Waals surface area contributed by atoms with Crippen LogP contribution in [0.5, 0.6) is 0 Å². The minimum absolute atomic E-state index is 0.208. The summed E-state index contributed by atoms with van der Waals surface area (Å²) in [5.74, 6) is -0.978. The van der Waals surface area contributed by atoms with Crippen LogP contribution in [0.4, 0.5) is 4.79 Å². The molecule has 5 nitrogen and oxygen atoms in total. The number of carbonyl (C=O) groups is 2. The zero-order valence-corrected chi connectivity index (χ0v) is 12.2. The van der Waals surface area contributed by atoms with Crippen molar-refractivity contribution >= 4 is 23.3 Å². The summed E-state index contributed by atoms with van der Waals surface area (Å²) in [6.45, 7) is 5.15. The summed E-state index contributed by atoms with van der Waals surface area (Å²) in [6.07, 6.45) is 0.746. The number of nitrogens with zero attached hydrogens (tertiary/aromatic N) is 2. The highest BCUT2D eigenvalue weighted by Crippen LogP contribution is 2.13. The number of carboxylic acids is 1. The zero-order valence-electron chi connectivity index (χ0n) is 11.3. The van der Waals surface area contributed by atoms with Gasteiger partial charge in [-0.1, -0.05) is 13.0 Å². The van der Waals surface area contributed by atoms with Crippen LogP contribution < -0.4 is 0 Å². The van der Waals surface area contributed by atoms with Gasteiger partial charge in [-0.3, -0.25) is 4.79 Å². The van der Waals surface area contributed by atoms with Crippen LogP contribution in [0.25, 0.3) is 0 Å². The first kappa shape index (κ1) is 15.5. The van der Waals surface area contributed by atoms with E-state index in [0.29, 0.717) is 19.6 Å². The molecule has 0 bridgehead atoms. The summed E-state index contributed by atoms with van der Waals surface area (Å²) in [6, 6.07) is 3.71. The quantitative estimate of drug-likeness (QED) is 0.836. The summed E-state index contributed by atoms with van der Waals surface area (Å²) < 4.78 is 0. The molecule has 0 aliphatic carbocycles. The van der Waals surface area contributed by atoms with Gasteiger partial charge < -0.3 is 14.9 Å². The fourth-order valence-electron chi connectivity index (χ4n) is 1.78. The lowest BCUT2D eigenvalue weighted by Gasteiger charge is -2.28. The molecule has 106 valence electrons. The first-order valence-corrected chi connectivity index (χ1v) is 7.24. The predicted molar refractivity (Wildman–Crippen MR) is 75.3 cm³/mol. The van der Waals surface area contributed by atoms with E-state index >= 15 is 0 Å². The molecule has 1 rings (SSSR count). The number of carbonyl (C=O) groups excluding carboxylic acids is 1. The summed E-state index contributed by atoms with van der Waals surface area (Å²) in [7, 11) is 0. The average Bonchev–Trinajstić information content (AvgIpc) is 2.87. The molecular formula is C13H20N2O3S. The lowest BCUT2D eigenvalue weighted by atomic mass is 10.3. The fourth-order valence-corrected chi connectivity index (χ4v) is 2.50. The Morgan fingerprint density at radius 3 is 2.53 bits per heavy atom. The smallest absolute Gasteiger partial charge is 0.323 e. The summed E-state index contributed by atoms with van der Waals surface area (Å²) in [5.41, 5.74) is 0. The van der Waals surface area contributed by atoms with Crippen LogP contribution in [0.15, 0.2) is 17.5 Å². The second kappa shape index (κ2) is 7.78. The van der Waals surface area contributed by atoms with E-state index in [1.807, 2.05) is 31.4 Å². The third kappa shape index (κ3) is 4.90. The Labute approximate surface area is 117 Å². The molecule has 19 heavy (non-hydrogen) atoms. The number of thiophene rings is 1. The highest BCUT2D eigenvalue weighted by Gasteiger charge is 2.21. The van der Waals surface area contributed by atoms with Crippen LogP contribution in [0, 0.1) is 0 Å². The number of aliphatic carboxylic acids is 1. The van der Waals surface area contributed by atoms with Crippen molar-refractivity contribution in [3.8, 4) is 0 Å². The van der Waals surface area contributed by atoms with E-state index in [1.54, 1.807) is 16.2 Å².